The van der Waals surface area contributed by atoms with Crippen molar-refractivity contribution in [3.05, 3.63) is 28.2 Å². The first-order valence-electron chi connectivity index (χ1n) is 6.44. The zero-order valence-electron chi connectivity index (χ0n) is 10.8. The Morgan fingerprint density at radius 3 is 2.83 bits per heavy atom. The molecule has 5 nitrogen and oxygen atoms in total. The molecule has 1 aromatic heterocycles. The zero-order chi connectivity index (χ0) is 13.1. The third-order valence-corrected chi connectivity index (χ3v) is 3.94. The van der Waals surface area contributed by atoms with Crippen LogP contribution < -0.4 is 10.9 Å². The Morgan fingerprint density at radius 1 is 1.39 bits per heavy atom. The van der Waals surface area contributed by atoms with Crippen molar-refractivity contribution in [1.29, 1.82) is 0 Å². The molecule has 18 heavy (non-hydrogen) atoms. The van der Waals surface area contributed by atoms with Crippen molar-refractivity contribution in [1.82, 2.24) is 15.5 Å². The standard InChI is InChI=1S/C13H19N3O2/c1-8-4-3-5-10(9(8)2)14-13(18)11-6-7-12(17)16-15-11/h6-10H,3-5H2,1-2H3,(H,14,18)(H,16,17)/t8-,9+,10-/m1/s1. The number of nitrogens with one attached hydrogen (secondary N) is 2. The number of rotatable bonds is 2. The zero-order valence-corrected chi connectivity index (χ0v) is 10.8. The summed E-state index contributed by atoms with van der Waals surface area (Å²) in [6.45, 7) is 4.40. The Bertz CT molecular complexity index is 463. The van der Waals surface area contributed by atoms with Crippen LogP contribution in [0.3, 0.4) is 0 Å². The van der Waals surface area contributed by atoms with Gasteiger partial charge in [-0.2, -0.15) is 5.10 Å². The van der Waals surface area contributed by atoms with Crippen molar-refractivity contribution in [2.24, 2.45) is 11.8 Å². The molecule has 2 N–H and O–H groups in total. The van der Waals surface area contributed by atoms with Gasteiger partial charge in [0.25, 0.3) is 11.5 Å². The molecule has 1 fully saturated rings. The van der Waals surface area contributed by atoms with Gasteiger partial charge in [0.05, 0.1) is 0 Å². The molecule has 1 aromatic rings. The number of H-pyrrole nitrogens is 1. The van der Waals surface area contributed by atoms with Crippen LogP contribution in [0.25, 0.3) is 0 Å². The third-order valence-electron chi connectivity index (χ3n) is 3.94. The summed E-state index contributed by atoms with van der Waals surface area (Å²) < 4.78 is 0. The molecule has 98 valence electrons. The molecule has 1 aliphatic rings. The molecule has 0 unspecified atom stereocenters. The monoisotopic (exact) mass is 249 g/mol. The number of aromatic amines is 1. The van der Waals surface area contributed by atoms with E-state index in [1.807, 2.05) is 0 Å². The van der Waals surface area contributed by atoms with E-state index in [9.17, 15) is 9.59 Å². The molecule has 1 aliphatic carbocycles. The Kier molecular flexibility index (Phi) is 3.79. The quantitative estimate of drug-likeness (QED) is 0.830. The second-order valence-corrected chi connectivity index (χ2v) is 5.15. The van der Waals surface area contributed by atoms with Gasteiger partial charge in [-0.3, -0.25) is 9.59 Å². The smallest absolute Gasteiger partial charge is 0.271 e. The number of carbonyl (C=O) groups is 1. The van der Waals surface area contributed by atoms with Crippen LogP contribution in [-0.2, 0) is 0 Å². The molecule has 0 bridgehead atoms. The highest BCUT2D eigenvalue weighted by molar-refractivity contribution is 5.92. The fourth-order valence-electron chi connectivity index (χ4n) is 2.50. The minimum atomic E-state index is -0.300. The predicted molar refractivity (Wildman–Crippen MR) is 68.3 cm³/mol. The molecule has 0 aromatic carbocycles. The number of carbonyl (C=O) groups excluding carboxylic acids is 1. The minimum Gasteiger partial charge on any atom is -0.348 e. The molecule has 1 heterocycles. The molecule has 0 spiro atoms. The van der Waals surface area contributed by atoms with Gasteiger partial charge in [0, 0.05) is 12.1 Å². The van der Waals surface area contributed by atoms with Gasteiger partial charge < -0.3 is 5.32 Å². The third kappa shape index (κ3) is 2.78. The van der Waals surface area contributed by atoms with Gasteiger partial charge in [0.1, 0.15) is 5.69 Å². The summed E-state index contributed by atoms with van der Waals surface area (Å²) in [5.41, 5.74) is -0.0359. The average Bonchev–Trinajstić information content (AvgIpc) is 2.36. The summed E-state index contributed by atoms with van der Waals surface area (Å²) in [5.74, 6) is 0.898. The SMILES string of the molecule is C[C@H]1[C@H](C)CCC[C@H]1NC(=O)c1ccc(=O)[nH]n1. The first-order valence-corrected chi connectivity index (χ1v) is 6.44. The van der Waals surface area contributed by atoms with Gasteiger partial charge in [0.15, 0.2) is 0 Å². The predicted octanol–water partition coefficient (Wildman–Crippen LogP) is 1.32. The van der Waals surface area contributed by atoms with Crippen molar-refractivity contribution in [2.75, 3.05) is 0 Å². The molecule has 0 aliphatic heterocycles. The van der Waals surface area contributed by atoms with Crippen LogP contribution in [0.2, 0.25) is 0 Å². The van der Waals surface area contributed by atoms with Crippen molar-refractivity contribution in [3.63, 3.8) is 0 Å². The van der Waals surface area contributed by atoms with Crippen LogP contribution in [0.1, 0.15) is 43.6 Å². The number of aromatic nitrogens is 2. The molecule has 3 atom stereocenters. The minimum absolute atomic E-state index is 0.204. The summed E-state index contributed by atoms with van der Waals surface area (Å²) in [6.07, 6.45) is 3.39. The Hall–Kier alpha value is -1.65. The van der Waals surface area contributed by atoms with Gasteiger partial charge in [-0.05, 0) is 24.3 Å². The topological polar surface area (TPSA) is 74.8 Å². The summed E-state index contributed by atoms with van der Waals surface area (Å²) >= 11 is 0. The highest BCUT2D eigenvalue weighted by Crippen LogP contribution is 2.29. The summed E-state index contributed by atoms with van der Waals surface area (Å²) in [4.78, 5) is 22.9. The normalized spacial score (nSPS) is 27.8. The first kappa shape index (κ1) is 12.8. The van der Waals surface area contributed by atoms with E-state index in [2.05, 4.69) is 29.4 Å². The lowest BCUT2D eigenvalue weighted by atomic mass is 9.78. The molecule has 5 heteroatoms. The van der Waals surface area contributed by atoms with Crippen LogP contribution in [0.4, 0.5) is 0 Å². The van der Waals surface area contributed by atoms with Crippen LogP contribution in [0.15, 0.2) is 16.9 Å². The fourth-order valence-corrected chi connectivity index (χ4v) is 2.50. The molecule has 2 rings (SSSR count). The summed E-state index contributed by atoms with van der Waals surface area (Å²) in [6, 6.07) is 2.97. The fraction of sp³-hybridized carbons (Fsp3) is 0.615. The molecular weight excluding hydrogens is 230 g/mol. The van der Waals surface area contributed by atoms with Crippen molar-refractivity contribution in [3.8, 4) is 0 Å². The number of nitrogens with zero attached hydrogens (tertiary/aromatic N) is 1. The van der Waals surface area contributed by atoms with Crippen molar-refractivity contribution in [2.45, 2.75) is 39.2 Å². The van der Waals surface area contributed by atoms with E-state index >= 15 is 0 Å². The number of hydrogen-bond acceptors (Lipinski definition) is 3. The lowest BCUT2D eigenvalue weighted by Crippen LogP contribution is -2.44. The first-order chi connectivity index (χ1) is 8.58. The van der Waals surface area contributed by atoms with Gasteiger partial charge in [-0.1, -0.05) is 26.7 Å². The van der Waals surface area contributed by atoms with Crippen LogP contribution >= 0.6 is 0 Å². The highest BCUT2D eigenvalue weighted by atomic mass is 16.2. The Morgan fingerprint density at radius 2 is 2.17 bits per heavy atom. The maximum absolute atomic E-state index is 12.0. The molecule has 0 radical (unpaired) electrons. The summed E-state index contributed by atoms with van der Waals surface area (Å²) in [5, 5.41) is 9.02. The van der Waals surface area contributed by atoms with Gasteiger partial charge in [-0.25, -0.2) is 5.10 Å². The van der Waals surface area contributed by atoms with Gasteiger partial charge >= 0.3 is 0 Å². The van der Waals surface area contributed by atoms with E-state index in [0.29, 0.717) is 11.8 Å². The van der Waals surface area contributed by atoms with Crippen molar-refractivity contribution >= 4 is 5.91 Å². The van der Waals surface area contributed by atoms with Gasteiger partial charge in [0.2, 0.25) is 0 Å². The van der Waals surface area contributed by atoms with E-state index in [-0.39, 0.29) is 23.2 Å². The second kappa shape index (κ2) is 5.33. The average molecular weight is 249 g/mol. The van der Waals surface area contributed by atoms with E-state index < -0.39 is 0 Å². The molecule has 1 saturated carbocycles. The second-order valence-electron chi connectivity index (χ2n) is 5.15. The molecule has 1 amide bonds. The van der Waals surface area contributed by atoms with Gasteiger partial charge in [-0.15, -0.1) is 0 Å². The van der Waals surface area contributed by atoms with E-state index in [1.54, 1.807) is 0 Å². The largest absolute Gasteiger partial charge is 0.348 e. The maximum Gasteiger partial charge on any atom is 0.271 e. The highest BCUT2D eigenvalue weighted by Gasteiger charge is 2.28. The van der Waals surface area contributed by atoms with E-state index in [1.165, 1.54) is 18.6 Å². The molecular formula is C13H19N3O2. The lowest BCUT2D eigenvalue weighted by molar-refractivity contribution is 0.0885. The van der Waals surface area contributed by atoms with Crippen LogP contribution in [0.5, 0.6) is 0 Å². The van der Waals surface area contributed by atoms with Crippen molar-refractivity contribution < 1.29 is 4.79 Å². The molecule has 0 saturated heterocycles. The van der Waals surface area contributed by atoms with E-state index in [0.717, 1.165) is 12.8 Å². The summed E-state index contributed by atoms with van der Waals surface area (Å²) in [7, 11) is 0. The maximum atomic E-state index is 12.0. The number of amides is 1. The van der Waals surface area contributed by atoms with Crippen LogP contribution in [0, 0.1) is 11.8 Å². The van der Waals surface area contributed by atoms with Crippen LogP contribution in [-0.4, -0.2) is 22.1 Å². The Balaban J connectivity index is 2.02. The lowest BCUT2D eigenvalue weighted by Gasteiger charge is -2.34. The number of hydrogen-bond donors (Lipinski definition) is 2. The van der Waals surface area contributed by atoms with E-state index in [4.69, 9.17) is 0 Å². The Labute approximate surface area is 106 Å².